The highest BCUT2D eigenvalue weighted by Gasteiger charge is 2.11. The van der Waals surface area contributed by atoms with E-state index in [1.54, 1.807) is 0 Å². The van der Waals surface area contributed by atoms with Gasteiger partial charge in [-0.2, -0.15) is 0 Å². The average molecular weight is 1480 g/mol. The molecule has 0 saturated heterocycles. The molecule has 16 aromatic rings. The highest BCUT2D eigenvalue weighted by atomic mass is 32.1. The van der Waals surface area contributed by atoms with Crippen molar-refractivity contribution in [2.24, 2.45) is 0 Å². The number of benzene rings is 8. The normalized spacial score (nSPS) is 10.8. The van der Waals surface area contributed by atoms with Gasteiger partial charge in [0.1, 0.15) is 11.0 Å². The minimum atomic E-state index is 0. The molecule has 8 aromatic carbocycles. The number of rotatable bonds is 8. The van der Waals surface area contributed by atoms with Gasteiger partial charge >= 0.3 is 0 Å². The Morgan fingerprint density at radius 3 is 1.42 bits per heavy atom. The zero-order valence-electron chi connectivity index (χ0n) is 58.5. The van der Waals surface area contributed by atoms with Gasteiger partial charge in [-0.15, -0.1) is 78.2 Å². The van der Waals surface area contributed by atoms with E-state index < -0.39 is 0 Å². The summed E-state index contributed by atoms with van der Waals surface area (Å²) in [6, 6.07) is 67.4. The molecule has 0 aliphatic rings. The second-order valence-corrected chi connectivity index (χ2v) is 33.7. The van der Waals surface area contributed by atoms with Crippen LogP contribution in [0.1, 0.15) is 232 Å². The summed E-state index contributed by atoms with van der Waals surface area (Å²) in [4.78, 5) is 1.48. The molecule has 0 aliphatic heterocycles. The Hall–Kier alpha value is -6.84. The van der Waals surface area contributed by atoms with E-state index in [9.17, 15) is 0 Å². The quantitative estimate of drug-likeness (QED) is 0.152. The monoisotopic (exact) mass is 1480 g/mol. The van der Waals surface area contributed by atoms with Crippen LogP contribution >= 0.6 is 91.1 Å². The first-order valence-corrected chi connectivity index (χ1v) is 40.2. The Labute approximate surface area is 632 Å². The van der Waals surface area contributed by atoms with E-state index >= 15 is 0 Å². The Morgan fingerprint density at radius 1 is 0.280 bits per heavy atom. The van der Waals surface area contributed by atoms with Crippen LogP contribution in [0.15, 0.2) is 215 Å². The van der Waals surface area contributed by atoms with Crippen molar-refractivity contribution < 1.29 is 0 Å². The SMILES string of the molecule is C.C.C.C.CC(C)c1cc2ccccc2s1.CC(C)c1ccc2ccsc2c1.CC(C)c1ccc2sccc2c1.CC(C)c1ccc2snnc2c1.CC(C)c1cccc2ccsc12.CC(C)c1cccc2sccc12.CC(C)c1cccc2snnc12.CC(C)c1csc2ccccc12. The fourth-order valence-electron chi connectivity index (χ4n) is 10.8. The maximum atomic E-state index is 4.11. The number of nitrogens with zero attached hydrogens (tertiary/aromatic N) is 4. The van der Waals surface area contributed by atoms with Crippen molar-refractivity contribution in [3.63, 3.8) is 0 Å². The van der Waals surface area contributed by atoms with Crippen LogP contribution in [0.3, 0.4) is 0 Å². The molecule has 0 aliphatic carbocycles. The predicted octanol–water partition coefficient (Wildman–Crippen LogP) is 32.3. The fraction of sp³-hybridized carbons (Fsp3) is 0.318. The van der Waals surface area contributed by atoms with Crippen LogP contribution in [0.4, 0.5) is 0 Å². The maximum absolute atomic E-state index is 4.11. The number of hydrogen-bond donors (Lipinski definition) is 0. The molecule has 0 unspecified atom stereocenters. The molecule has 8 heterocycles. The molecule has 8 aromatic heterocycles. The van der Waals surface area contributed by atoms with Gasteiger partial charge < -0.3 is 0 Å². The van der Waals surface area contributed by atoms with Gasteiger partial charge in [0.05, 0.1) is 9.40 Å². The molecule has 0 saturated carbocycles. The molecule has 12 heteroatoms. The summed E-state index contributed by atoms with van der Waals surface area (Å²) in [6.07, 6.45) is 0. The van der Waals surface area contributed by atoms with Crippen molar-refractivity contribution in [2.45, 2.75) is 188 Å². The summed E-state index contributed by atoms with van der Waals surface area (Å²) in [7, 11) is 0. The molecule has 0 fully saturated rings. The van der Waals surface area contributed by atoms with Crippen molar-refractivity contribution in [1.82, 2.24) is 19.2 Å². The Kier molecular flexibility index (Phi) is 34.1. The Balaban J connectivity index is 0.000000205. The number of fused-ring (bicyclic) bond motifs is 8. The third kappa shape index (κ3) is 22.6. The first-order valence-electron chi connectivity index (χ1n) is 33.5. The van der Waals surface area contributed by atoms with Crippen LogP contribution < -0.4 is 0 Å². The first-order chi connectivity index (χ1) is 46.2. The molecule has 0 bridgehead atoms. The van der Waals surface area contributed by atoms with Crippen LogP contribution in [0.25, 0.3) is 81.0 Å². The molecular formula is C88H108N4S8. The minimum absolute atomic E-state index is 0. The Bertz CT molecular complexity index is 4540. The van der Waals surface area contributed by atoms with Gasteiger partial charge in [-0.3, -0.25) is 0 Å². The van der Waals surface area contributed by atoms with Crippen molar-refractivity contribution in [2.75, 3.05) is 0 Å². The molecule has 0 radical (unpaired) electrons. The summed E-state index contributed by atoms with van der Waals surface area (Å²) in [5.74, 6) is 4.92. The molecular weight excluding hydrogens is 1370 g/mol. The van der Waals surface area contributed by atoms with Crippen molar-refractivity contribution in [1.29, 1.82) is 0 Å². The summed E-state index contributed by atoms with van der Waals surface area (Å²) < 4.78 is 18.6. The smallest absolute Gasteiger partial charge is 0.109 e. The largest absolute Gasteiger partial charge is 0.144 e. The van der Waals surface area contributed by atoms with Gasteiger partial charge in [0, 0.05) is 33.1 Å². The van der Waals surface area contributed by atoms with E-state index in [1.165, 1.54) is 137 Å². The lowest BCUT2D eigenvalue weighted by molar-refractivity contribution is 0.868. The van der Waals surface area contributed by atoms with Crippen molar-refractivity contribution >= 4 is 172 Å². The first kappa shape index (κ1) is 83.8. The molecule has 4 nitrogen and oxygen atoms in total. The third-order valence-electron chi connectivity index (χ3n) is 16.6. The van der Waals surface area contributed by atoms with Crippen LogP contribution in [0.5, 0.6) is 0 Å². The fourth-order valence-corrected chi connectivity index (χ4v) is 17.7. The maximum Gasteiger partial charge on any atom is 0.109 e. The lowest BCUT2D eigenvalue weighted by atomic mass is 10.00. The van der Waals surface area contributed by atoms with E-state index in [0.29, 0.717) is 47.3 Å². The summed E-state index contributed by atoms with van der Waals surface area (Å²) in [5, 5.41) is 27.4. The zero-order chi connectivity index (χ0) is 68.4. The van der Waals surface area contributed by atoms with E-state index in [-0.39, 0.29) is 29.7 Å². The summed E-state index contributed by atoms with van der Waals surface area (Å²) in [5.41, 5.74) is 12.0. The minimum Gasteiger partial charge on any atom is -0.144 e. The third-order valence-corrected chi connectivity index (χ3v) is 24.0. The van der Waals surface area contributed by atoms with E-state index in [2.05, 4.69) is 345 Å². The van der Waals surface area contributed by atoms with Gasteiger partial charge in [0.25, 0.3) is 0 Å². The average Bonchev–Trinajstić information content (AvgIpc) is 1.38. The molecule has 100 heavy (non-hydrogen) atoms. The highest BCUT2D eigenvalue weighted by molar-refractivity contribution is 7.19. The van der Waals surface area contributed by atoms with Crippen LogP contribution in [-0.4, -0.2) is 19.2 Å². The van der Waals surface area contributed by atoms with Gasteiger partial charge in [-0.25, -0.2) is 0 Å². The number of hydrogen-bond acceptors (Lipinski definition) is 12. The summed E-state index contributed by atoms with van der Waals surface area (Å²) in [6.45, 7) is 35.6. The van der Waals surface area contributed by atoms with E-state index in [1.807, 2.05) is 68.0 Å². The predicted molar refractivity (Wildman–Crippen MR) is 465 cm³/mol. The second-order valence-electron chi connectivity index (χ2n) is 26.4. The summed E-state index contributed by atoms with van der Waals surface area (Å²) >= 11 is 13.9. The van der Waals surface area contributed by atoms with Gasteiger partial charge in [0.2, 0.25) is 0 Å². The molecule has 0 amide bonds. The standard InChI is InChI=1S/6C11H12S.2C9H10N2S.4CH4/c1-8(2)9-3-4-11-10(7-9)5-6-12-11;1-8(2)10-4-3-9-5-6-12-11(9)7-10;1-8(2)9-4-3-5-11-10(9)6-7-12-11;1-8(2)10-5-3-4-9-6-7-12-11(9)10;1-8(2)10-7-12-11-6-4-3-5-9(10)11;1-8(2)11-7-9-5-3-4-6-10(9)12-11;1-6(2)7-3-4-9-8(5-7)10-11-12-9;1-6(2)7-4-3-5-8-9(7)10-11-12-8;;;;/h6*3-8H,1-2H3;2*3-6H,1-2H3;4*1H4. The Morgan fingerprint density at radius 2 is 0.750 bits per heavy atom. The van der Waals surface area contributed by atoms with E-state index in [4.69, 9.17) is 0 Å². The van der Waals surface area contributed by atoms with Crippen molar-refractivity contribution in [3.05, 3.63) is 259 Å². The van der Waals surface area contributed by atoms with Gasteiger partial charge in [0.15, 0.2) is 0 Å². The van der Waals surface area contributed by atoms with Crippen LogP contribution in [0.2, 0.25) is 0 Å². The topological polar surface area (TPSA) is 51.6 Å². The molecule has 0 spiro atoms. The van der Waals surface area contributed by atoms with Crippen molar-refractivity contribution in [3.8, 4) is 0 Å². The van der Waals surface area contributed by atoms with Gasteiger partial charge in [-0.1, -0.05) is 259 Å². The van der Waals surface area contributed by atoms with E-state index in [0.717, 1.165) is 11.0 Å². The number of thiophene rings is 6. The van der Waals surface area contributed by atoms with Crippen LogP contribution in [-0.2, 0) is 0 Å². The molecule has 0 atom stereocenters. The lowest BCUT2D eigenvalue weighted by Crippen LogP contribution is -1.88. The number of aromatic nitrogens is 4. The second kappa shape index (κ2) is 40.7. The zero-order valence-corrected chi connectivity index (χ0v) is 65.0. The molecule has 16 rings (SSSR count). The molecule has 528 valence electrons. The van der Waals surface area contributed by atoms with Crippen LogP contribution in [0, 0.1) is 0 Å². The lowest BCUT2D eigenvalue weighted by Gasteiger charge is -2.05. The highest BCUT2D eigenvalue weighted by Crippen LogP contribution is 2.35. The van der Waals surface area contributed by atoms with Gasteiger partial charge in [-0.05, 0) is 247 Å². The molecule has 0 N–H and O–H groups in total.